The molecule has 4 heterocycles. The van der Waals surface area contributed by atoms with Gasteiger partial charge in [-0.05, 0) is 66.9 Å². The Hall–Kier alpha value is -3.00. The second-order valence-electron chi connectivity index (χ2n) is 9.32. The van der Waals surface area contributed by atoms with Crippen LogP contribution in [0.15, 0.2) is 61.1 Å². The number of anilines is 2. The van der Waals surface area contributed by atoms with Gasteiger partial charge in [0.1, 0.15) is 5.82 Å². The molecule has 0 atom stereocenters. The fraction of sp³-hybridized carbons (Fsp3) is 0.321. The molecule has 0 aliphatic carbocycles. The fourth-order valence-electron chi connectivity index (χ4n) is 4.79. The van der Waals surface area contributed by atoms with Crippen molar-refractivity contribution in [1.82, 2.24) is 15.3 Å². The van der Waals surface area contributed by atoms with E-state index in [4.69, 9.17) is 17.3 Å². The summed E-state index contributed by atoms with van der Waals surface area (Å²) in [5.74, 6) is 1.31. The number of nitrogens with two attached hydrogens (primary N) is 1. The standard InChI is InChI=1S/C28H30ClN5OS/c29-24-16-26(25(35)4-2-19-1-3-23-21(15-19)5-12-33-28(23)30)36-27(24)18-32-17-20-8-13-34(14-9-20)22-6-10-31-11-7-22/h1,3,5-7,10-12,15-16,20,32H,2,4,8-9,13-14,17-18H2,(H2,30,33). The molecule has 8 heteroatoms. The van der Waals surface area contributed by atoms with Gasteiger partial charge in [-0.15, -0.1) is 11.3 Å². The number of benzene rings is 1. The quantitative estimate of drug-likeness (QED) is 0.274. The molecule has 3 aromatic heterocycles. The lowest BCUT2D eigenvalue weighted by Crippen LogP contribution is -2.37. The van der Waals surface area contributed by atoms with Crippen molar-refractivity contribution in [1.29, 1.82) is 0 Å². The van der Waals surface area contributed by atoms with Crippen LogP contribution in [0.5, 0.6) is 0 Å². The van der Waals surface area contributed by atoms with Crippen molar-refractivity contribution in [2.45, 2.75) is 32.2 Å². The molecule has 0 spiro atoms. The summed E-state index contributed by atoms with van der Waals surface area (Å²) in [5, 5.41) is 6.23. The third-order valence-corrected chi connectivity index (χ3v) is 8.52. The predicted molar refractivity (Wildman–Crippen MR) is 149 cm³/mol. The van der Waals surface area contributed by atoms with Gasteiger partial charge in [0, 0.05) is 60.6 Å². The lowest BCUT2D eigenvalue weighted by molar-refractivity contribution is 0.0986. The first-order valence-electron chi connectivity index (χ1n) is 12.4. The molecule has 0 bridgehead atoms. The van der Waals surface area contributed by atoms with E-state index in [-0.39, 0.29) is 5.78 Å². The van der Waals surface area contributed by atoms with Crippen molar-refractivity contribution in [3.8, 4) is 0 Å². The summed E-state index contributed by atoms with van der Waals surface area (Å²) in [6.07, 6.45) is 8.87. The Morgan fingerprint density at radius 1 is 1.11 bits per heavy atom. The number of aromatic nitrogens is 2. The maximum absolute atomic E-state index is 12.9. The normalized spacial score (nSPS) is 14.4. The molecule has 3 N–H and O–H groups in total. The van der Waals surface area contributed by atoms with Crippen LogP contribution < -0.4 is 16.0 Å². The monoisotopic (exact) mass is 519 g/mol. The number of carbonyl (C=O) groups is 1. The van der Waals surface area contributed by atoms with E-state index in [1.54, 1.807) is 6.20 Å². The summed E-state index contributed by atoms with van der Waals surface area (Å²) in [7, 11) is 0. The van der Waals surface area contributed by atoms with Crippen LogP contribution in [-0.2, 0) is 13.0 Å². The van der Waals surface area contributed by atoms with Crippen molar-refractivity contribution in [2.24, 2.45) is 5.92 Å². The van der Waals surface area contributed by atoms with Gasteiger partial charge in [0.05, 0.1) is 9.90 Å². The van der Waals surface area contributed by atoms with E-state index in [0.717, 1.165) is 58.6 Å². The van der Waals surface area contributed by atoms with Gasteiger partial charge in [-0.25, -0.2) is 4.98 Å². The number of ketones is 1. The number of nitrogen functional groups attached to an aromatic ring is 1. The number of Topliss-reactive ketones (excluding diaryl/α,β-unsaturated/α-hetero) is 1. The number of fused-ring (bicyclic) bond motifs is 1. The summed E-state index contributed by atoms with van der Waals surface area (Å²) < 4.78 is 0. The minimum absolute atomic E-state index is 0.131. The molecular weight excluding hydrogens is 490 g/mol. The first-order valence-corrected chi connectivity index (χ1v) is 13.6. The van der Waals surface area contributed by atoms with Crippen LogP contribution in [0, 0.1) is 5.92 Å². The molecule has 0 saturated carbocycles. The minimum atomic E-state index is 0.131. The maximum Gasteiger partial charge on any atom is 0.173 e. The smallest absolute Gasteiger partial charge is 0.173 e. The van der Waals surface area contributed by atoms with Gasteiger partial charge in [0.15, 0.2) is 5.78 Å². The minimum Gasteiger partial charge on any atom is -0.383 e. The second-order valence-corrected chi connectivity index (χ2v) is 10.9. The number of halogens is 1. The number of carbonyl (C=O) groups excluding carboxylic acids is 1. The topological polar surface area (TPSA) is 84.1 Å². The van der Waals surface area contributed by atoms with Gasteiger partial charge in [-0.3, -0.25) is 9.78 Å². The van der Waals surface area contributed by atoms with Crippen LogP contribution in [0.25, 0.3) is 10.8 Å². The van der Waals surface area contributed by atoms with Crippen molar-refractivity contribution in [3.05, 3.63) is 81.4 Å². The number of aryl methyl sites for hydroxylation is 1. The Morgan fingerprint density at radius 3 is 2.72 bits per heavy atom. The van der Waals surface area contributed by atoms with Crippen LogP contribution in [0.2, 0.25) is 5.02 Å². The molecule has 36 heavy (non-hydrogen) atoms. The van der Waals surface area contributed by atoms with Crippen molar-refractivity contribution >= 4 is 51.0 Å². The highest BCUT2D eigenvalue weighted by Gasteiger charge is 2.20. The van der Waals surface area contributed by atoms with E-state index in [0.29, 0.717) is 36.1 Å². The average molecular weight is 520 g/mol. The van der Waals surface area contributed by atoms with Crippen molar-refractivity contribution in [2.75, 3.05) is 30.3 Å². The summed E-state index contributed by atoms with van der Waals surface area (Å²) in [5.41, 5.74) is 8.30. The van der Waals surface area contributed by atoms with E-state index in [9.17, 15) is 4.79 Å². The summed E-state index contributed by atoms with van der Waals surface area (Å²) in [6.45, 7) is 3.79. The average Bonchev–Trinajstić information content (AvgIpc) is 3.28. The van der Waals surface area contributed by atoms with Crippen LogP contribution >= 0.6 is 22.9 Å². The number of pyridine rings is 2. The Kier molecular flexibility index (Phi) is 7.80. The third kappa shape index (κ3) is 5.86. The molecule has 1 aromatic carbocycles. The Labute approximate surface area is 220 Å². The number of hydrogen-bond donors (Lipinski definition) is 2. The van der Waals surface area contributed by atoms with Gasteiger partial charge in [-0.2, -0.15) is 0 Å². The Bertz CT molecular complexity index is 1330. The van der Waals surface area contributed by atoms with Gasteiger partial charge < -0.3 is 16.0 Å². The molecule has 6 nitrogen and oxygen atoms in total. The molecule has 5 rings (SSSR count). The molecule has 1 fully saturated rings. The summed E-state index contributed by atoms with van der Waals surface area (Å²) in [6, 6.07) is 14.0. The molecule has 1 aliphatic rings. The zero-order valence-electron chi connectivity index (χ0n) is 20.1. The number of hydrogen-bond acceptors (Lipinski definition) is 7. The van der Waals surface area contributed by atoms with Crippen LogP contribution in [0.3, 0.4) is 0 Å². The summed E-state index contributed by atoms with van der Waals surface area (Å²) in [4.78, 5) is 25.3. The Morgan fingerprint density at radius 2 is 1.92 bits per heavy atom. The second kappa shape index (κ2) is 11.4. The molecule has 0 amide bonds. The van der Waals surface area contributed by atoms with E-state index >= 15 is 0 Å². The van der Waals surface area contributed by atoms with Crippen LogP contribution in [0.4, 0.5) is 11.5 Å². The Balaban J connectivity index is 1.09. The zero-order chi connectivity index (χ0) is 24.9. The molecule has 1 aliphatic heterocycles. The van der Waals surface area contributed by atoms with Crippen molar-refractivity contribution < 1.29 is 4.79 Å². The largest absolute Gasteiger partial charge is 0.383 e. The van der Waals surface area contributed by atoms with Gasteiger partial charge in [0.25, 0.3) is 0 Å². The van der Waals surface area contributed by atoms with E-state index in [2.05, 4.69) is 38.4 Å². The van der Waals surface area contributed by atoms with Crippen LogP contribution in [-0.4, -0.2) is 35.4 Å². The van der Waals surface area contributed by atoms with Gasteiger partial charge in [-0.1, -0.05) is 29.8 Å². The van der Waals surface area contributed by atoms with E-state index < -0.39 is 0 Å². The van der Waals surface area contributed by atoms with Gasteiger partial charge in [0.2, 0.25) is 0 Å². The molecule has 0 unspecified atom stereocenters. The lowest BCUT2D eigenvalue weighted by atomic mass is 9.96. The molecular formula is C28H30ClN5OS. The van der Waals surface area contributed by atoms with Crippen LogP contribution in [0.1, 0.15) is 39.4 Å². The highest BCUT2D eigenvalue weighted by atomic mass is 35.5. The molecule has 186 valence electrons. The first kappa shape index (κ1) is 24.7. The zero-order valence-corrected chi connectivity index (χ0v) is 21.7. The third-order valence-electron chi connectivity index (χ3n) is 6.89. The van der Waals surface area contributed by atoms with Gasteiger partial charge >= 0.3 is 0 Å². The molecule has 1 saturated heterocycles. The number of nitrogens with one attached hydrogen (secondary N) is 1. The number of piperidine rings is 1. The fourth-order valence-corrected chi connectivity index (χ4v) is 6.14. The molecule has 0 radical (unpaired) electrons. The summed E-state index contributed by atoms with van der Waals surface area (Å²) >= 11 is 7.99. The van der Waals surface area contributed by atoms with E-state index in [1.807, 2.05) is 36.7 Å². The lowest BCUT2D eigenvalue weighted by Gasteiger charge is -2.33. The SMILES string of the molecule is Nc1nccc2cc(CCC(=O)c3cc(Cl)c(CNCC4CCN(c5ccncc5)CC4)s3)ccc12. The number of rotatable bonds is 9. The number of thiophene rings is 1. The highest BCUT2D eigenvalue weighted by Crippen LogP contribution is 2.29. The number of nitrogens with zero attached hydrogens (tertiary/aromatic N) is 3. The highest BCUT2D eigenvalue weighted by molar-refractivity contribution is 7.14. The van der Waals surface area contributed by atoms with Crippen molar-refractivity contribution in [3.63, 3.8) is 0 Å². The molecule has 4 aromatic rings. The predicted octanol–water partition coefficient (Wildman–Crippen LogP) is 5.75. The maximum atomic E-state index is 12.9. The van der Waals surface area contributed by atoms with E-state index in [1.165, 1.54) is 17.0 Å². The first-order chi connectivity index (χ1) is 17.6.